The van der Waals surface area contributed by atoms with Gasteiger partial charge in [0.15, 0.2) is 0 Å². The Labute approximate surface area is 154 Å². The van der Waals surface area contributed by atoms with E-state index < -0.39 is 0 Å². The molecular weight excluding hydrogens is 324 g/mol. The van der Waals surface area contributed by atoms with Crippen LogP contribution in [0.15, 0.2) is 48.7 Å². The van der Waals surface area contributed by atoms with E-state index in [1.165, 1.54) is 17.7 Å². The quantitative estimate of drug-likeness (QED) is 0.874. The molecule has 2 N–H and O–H groups in total. The zero-order valence-electron chi connectivity index (χ0n) is 15.0. The lowest BCUT2D eigenvalue weighted by atomic mass is 9.77. The lowest BCUT2D eigenvalue weighted by Gasteiger charge is -2.42. The maximum atomic E-state index is 13.7. The Balaban J connectivity index is 1.50. The van der Waals surface area contributed by atoms with Gasteiger partial charge in [-0.1, -0.05) is 36.8 Å². The summed E-state index contributed by atoms with van der Waals surface area (Å²) in [6, 6.07) is 15.0. The summed E-state index contributed by atoms with van der Waals surface area (Å²) in [7, 11) is 0. The summed E-state index contributed by atoms with van der Waals surface area (Å²) in [4.78, 5) is 15.8. The van der Waals surface area contributed by atoms with Gasteiger partial charge in [0.05, 0.1) is 12.0 Å². The van der Waals surface area contributed by atoms with Crippen LogP contribution in [0.2, 0.25) is 0 Å². The molecule has 2 aromatic rings. The van der Waals surface area contributed by atoms with Crippen LogP contribution in [0.1, 0.15) is 36.6 Å². The Morgan fingerprint density at radius 3 is 2.81 bits per heavy atom. The highest BCUT2D eigenvalue weighted by Gasteiger charge is 2.44. The maximum Gasteiger partial charge on any atom is 0.228 e. The van der Waals surface area contributed by atoms with Crippen LogP contribution in [0.25, 0.3) is 0 Å². The first-order valence-corrected chi connectivity index (χ1v) is 9.82. The molecule has 0 bridgehead atoms. The highest BCUT2D eigenvalue weighted by Crippen LogP contribution is 2.37. The fourth-order valence-corrected chi connectivity index (χ4v) is 5.14. The van der Waals surface area contributed by atoms with Crippen LogP contribution in [-0.2, 0) is 11.3 Å². The van der Waals surface area contributed by atoms with Crippen LogP contribution in [0.4, 0.5) is 0 Å². The molecule has 1 saturated heterocycles. The van der Waals surface area contributed by atoms with Gasteiger partial charge in [0.2, 0.25) is 5.91 Å². The summed E-state index contributed by atoms with van der Waals surface area (Å²) in [6.07, 6.45) is 5.50. The molecule has 5 nitrogen and oxygen atoms in total. The number of aromatic nitrogens is 1. The lowest BCUT2D eigenvalue weighted by Crippen LogP contribution is -2.52. The number of hydrogen-bond acceptors (Lipinski definition) is 3. The van der Waals surface area contributed by atoms with Crippen molar-refractivity contribution in [2.24, 2.45) is 11.8 Å². The fraction of sp³-hybridized carbons (Fsp3) is 0.476. The number of carbonyl (C=O) groups is 1. The van der Waals surface area contributed by atoms with E-state index in [9.17, 15) is 4.79 Å². The number of nitrogens with one attached hydrogen (secondary N) is 2. The summed E-state index contributed by atoms with van der Waals surface area (Å²) >= 11 is 0. The molecule has 3 aliphatic rings. The number of fused-ring (bicyclic) bond motifs is 2. The number of amides is 1. The molecule has 1 saturated carbocycles. The smallest absolute Gasteiger partial charge is 0.228 e. The zero-order chi connectivity index (χ0) is 17.5. The third-order valence-electron chi connectivity index (χ3n) is 6.42. The van der Waals surface area contributed by atoms with Gasteiger partial charge in [0, 0.05) is 37.6 Å². The van der Waals surface area contributed by atoms with Gasteiger partial charge in [-0.2, -0.15) is 0 Å². The van der Waals surface area contributed by atoms with E-state index >= 15 is 0 Å². The minimum atomic E-state index is 0.0159. The average Bonchev–Trinajstić information content (AvgIpc) is 3.36. The van der Waals surface area contributed by atoms with Crippen molar-refractivity contribution in [3.05, 3.63) is 59.9 Å². The van der Waals surface area contributed by atoms with E-state index in [1.54, 1.807) is 0 Å². The molecule has 0 spiro atoms. The second-order valence-corrected chi connectivity index (χ2v) is 7.82. The number of carbonyl (C=O) groups excluding carboxylic acids is 1. The van der Waals surface area contributed by atoms with Crippen molar-refractivity contribution in [3.8, 4) is 0 Å². The molecule has 1 aromatic carbocycles. The van der Waals surface area contributed by atoms with E-state index in [0.717, 1.165) is 32.5 Å². The minimum Gasteiger partial charge on any atom is -0.348 e. The third kappa shape index (κ3) is 2.58. The van der Waals surface area contributed by atoms with Gasteiger partial charge in [-0.25, -0.2) is 0 Å². The largest absolute Gasteiger partial charge is 0.348 e. The van der Waals surface area contributed by atoms with E-state index in [-0.39, 0.29) is 18.0 Å². The summed E-state index contributed by atoms with van der Waals surface area (Å²) in [5, 5.41) is 0. The van der Waals surface area contributed by atoms with E-state index in [0.29, 0.717) is 11.8 Å². The molecule has 0 radical (unpaired) electrons. The van der Waals surface area contributed by atoms with E-state index in [2.05, 4.69) is 62.9 Å². The Morgan fingerprint density at radius 1 is 1.04 bits per heavy atom. The van der Waals surface area contributed by atoms with Gasteiger partial charge in [0.1, 0.15) is 0 Å². The van der Waals surface area contributed by atoms with Crippen LogP contribution in [-0.4, -0.2) is 34.5 Å². The average molecular weight is 350 g/mol. The number of benzene rings is 1. The second kappa shape index (κ2) is 6.56. The van der Waals surface area contributed by atoms with Crippen molar-refractivity contribution in [1.29, 1.82) is 0 Å². The fourth-order valence-electron chi connectivity index (χ4n) is 5.14. The first kappa shape index (κ1) is 16.1. The molecule has 5 heteroatoms. The summed E-state index contributed by atoms with van der Waals surface area (Å²) in [5.74, 6) is 0.982. The molecule has 2 fully saturated rings. The van der Waals surface area contributed by atoms with Crippen molar-refractivity contribution in [2.75, 3.05) is 13.1 Å². The molecule has 3 heterocycles. The highest BCUT2D eigenvalue weighted by atomic mass is 16.2. The molecule has 2 aliphatic heterocycles. The summed E-state index contributed by atoms with van der Waals surface area (Å²) in [6.45, 7) is 2.64. The highest BCUT2D eigenvalue weighted by molar-refractivity contribution is 5.81. The zero-order valence-corrected chi connectivity index (χ0v) is 15.0. The van der Waals surface area contributed by atoms with Gasteiger partial charge in [0.25, 0.3) is 0 Å². The van der Waals surface area contributed by atoms with Crippen molar-refractivity contribution in [1.82, 2.24) is 20.3 Å². The molecule has 1 amide bonds. The monoisotopic (exact) mass is 350 g/mol. The number of nitrogens with zero attached hydrogens (tertiary/aromatic N) is 2. The Morgan fingerprint density at radius 2 is 1.92 bits per heavy atom. The predicted molar refractivity (Wildman–Crippen MR) is 100 cm³/mol. The molecule has 26 heavy (non-hydrogen) atoms. The van der Waals surface area contributed by atoms with Crippen molar-refractivity contribution in [2.45, 2.75) is 37.9 Å². The molecule has 1 aromatic heterocycles. The van der Waals surface area contributed by atoms with E-state index in [4.69, 9.17) is 0 Å². The second-order valence-electron chi connectivity index (χ2n) is 7.82. The number of hydrogen-bond donors (Lipinski definition) is 2. The summed E-state index contributed by atoms with van der Waals surface area (Å²) < 4.78 is 2.29. The first-order chi connectivity index (χ1) is 12.8. The predicted octanol–water partition coefficient (Wildman–Crippen LogP) is 2.31. The minimum absolute atomic E-state index is 0.0159. The van der Waals surface area contributed by atoms with Crippen molar-refractivity contribution >= 4 is 5.91 Å². The maximum absolute atomic E-state index is 13.7. The Bertz CT molecular complexity index is 786. The van der Waals surface area contributed by atoms with Crippen LogP contribution >= 0.6 is 0 Å². The van der Waals surface area contributed by atoms with Gasteiger partial charge >= 0.3 is 0 Å². The van der Waals surface area contributed by atoms with E-state index in [1.807, 2.05) is 6.07 Å². The van der Waals surface area contributed by atoms with Crippen LogP contribution in [0.5, 0.6) is 0 Å². The standard InChI is InChI=1S/C21H26N4O/c26-21(17-9-4-8-16-14-22-23-19(16)17)25-13-12-24-11-5-10-18(24)20(25)15-6-2-1-3-7-15/h1-3,5-7,10-11,16-17,19-20,22-23H,4,8-9,12-14H2. The van der Waals surface area contributed by atoms with Crippen LogP contribution < -0.4 is 10.9 Å². The van der Waals surface area contributed by atoms with Crippen molar-refractivity contribution < 1.29 is 4.79 Å². The molecule has 4 unspecified atom stereocenters. The normalized spacial score (nSPS) is 30.7. The topological polar surface area (TPSA) is 49.3 Å². The SMILES string of the molecule is O=C(C1CCCC2CNNC21)N1CCn2cccc2C1c1ccccc1. The lowest BCUT2D eigenvalue weighted by molar-refractivity contribution is -0.140. The first-order valence-electron chi connectivity index (χ1n) is 9.82. The summed E-state index contributed by atoms with van der Waals surface area (Å²) in [5.41, 5.74) is 9.10. The van der Waals surface area contributed by atoms with Gasteiger partial charge in [-0.3, -0.25) is 15.6 Å². The Hall–Kier alpha value is -2.11. The van der Waals surface area contributed by atoms with Crippen LogP contribution in [0, 0.1) is 11.8 Å². The molecule has 1 aliphatic carbocycles. The van der Waals surface area contributed by atoms with Gasteiger partial charge in [-0.15, -0.1) is 0 Å². The number of rotatable bonds is 2. The third-order valence-corrected chi connectivity index (χ3v) is 6.42. The molecule has 5 rings (SSSR count). The van der Waals surface area contributed by atoms with Gasteiger partial charge in [-0.05, 0) is 36.5 Å². The van der Waals surface area contributed by atoms with Crippen LogP contribution in [0.3, 0.4) is 0 Å². The van der Waals surface area contributed by atoms with Crippen molar-refractivity contribution in [3.63, 3.8) is 0 Å². The number of hydrazine groups is 1. The molecule has 136 valence electrons. The molecule has 4 atom stereocenters. The van der Waals surface area contributed by atoms with Gasteiger partial charge < -0.3 is 9.47 Å². The molecular formula is C21H26N4O. The Kier molecular flexibility index (Phi) is 4.06.